The Morgan fingerprint density at radius 2 is 2.24 bits per heavy atom. The van der Waals surface area contributed by atoms with Crippen LogP contribution in [0.25, 0.3) is 0 Å². The molecule has 0 atom stereocenters. The lowest BCUT2D eigenvalue weighted by molar-refractivity contribution is -0.122. The van der Waals surface area contributed by atoms with Crippen LogP contribution in [-0.2, 0) is 4.79 Å². The van der Waals surface area contributed by atoms with Crippen LogP contribution in [0.2, 0.25) is 5.02 Å². The summed E-state index contributed by atoms with van der Waals surface area (Å²) in [5.41, 5.74) is 6.33. The van der Waals surface area contributed by atoms with Crippen molar-refractivity contribution < 1.29 is 9.53 Å². The van der Waals surface area contributed by atoms with Crippen molar-refractivity contribution in [3.05, 3.63) is 23.2 Å². The molecule has 0 unspecified atom stereocenters. The van der Waals surface area contributed by atoms with Crippen LogP contribution >= 0.6 is 11.6 Å². The molecule has 92 valence electrons. The minimum Gasteiger partial charge on any atom is -0.495 e. The summed E-state index contributed by atoms with van der Waals surface area (Å²) in [5.74, 6) is 0.633. The van der Waals surface area contributed by atoms with Gasteiger partial charge in [0.2, 0.25) is 5.91 Å². The van der Waals surface area contributed by atoms with Gasteiger partial charge < -0.3 is 15.8 Å². The Morgan fingerprint density at radius 1 is 1.53 bits per heavy atom. The number of halogens is 1. The van der Waals surface area contributed by atoms with Gasteiger partial charge in [-0.3, -0.25) is 4.79 Å². The Bertz CT molecular complexity index is 431. The lowest BCUT2D eigenvalue weighted by Gasteiger charge is -2.31. The molecule has 0 heterocycles. The lowest BCUT2D eigenvalue weighted by atomic mass is 9.80. The van der Waals surface area contributed by atoms with Crippen molar-refractivity contribution in [2.75, 3.05) is 12.4 Å². The molecule has 0 aliphatic heterocycles. The molecule has 17 heavy (non-hydrogen) atoms. The molecule has 1 amide bonds. The van der Waals surface area contributed by atoms with Gasteiger partial charge in [-0.25, -0.2) is 0 Å². The first-order valence-corrected chi connectivity index (χ1v) is 5.88. The number of methoxy groups -OCH3 is 1. The topological polar surface area (TPSA) is 64.3 Å². The maximum atomic E-state index is 11.8. The maximum absolute atomic E-state index is 11.8. The zero-order valence-electron chi connectivity index (χ0n) is 9.57. The van der Waals surface area contributed by atoms with Crippen LogP contribution in [0.4, 0.5) is 5.69 Å². The molecule has 1 aromatic carbocycles. The number of anilines is 1. The van der Waals surface area contributed by atoms with Crippen LogP contribution in [0.15, 0.2) is 18.2 Å². The van der Waals surface area contributed by atoms with Crippen LogP contribution in [-0.4, -0.2) is 19.1 Å². The quantitative estimate of drug-likeness (QED) is 0.867. The fraction of sp³-hybridized carbons (Fsp3) is 0.417. The summed E-state index contributed by atoms with van der Waals surface area (Å²) in [7, 11) is 1.55. The third-order valence-electron chi connectivity index (χ3n) is 2.96. The van der Waals surface area contributed by atoms with Crippen LogP contribution in [0.3, 0.4) is 0 Å². The number of ether oxygens (including phenoxy) is 1. The molecule has 0 bridgehead atoms. The lowest BCUT2D eigenvalue weighted by Crippen LogP contribution is -2.42. The molecule has 0 spiro atoms. The molecule has 0 aromatic heterocycles. The van der Waals surface area contributed by atoms with Gasteiger partial charge in [-0.05, 0) is 31.0 Å². The van der Waals surface area contributed by atoms with E-state index in [0.717, 1.165) is 12.8 Å². The second-order valence-electron chi connectivity index (χ2n) is 4.27. The number of nitrogens with two attached hydrogens (primary N) is 1. The van der Waals surface area contributed by atoms with Gasteiger partial charge in [0.15, 0.2) is 0 Å². The van der Waals surface area contributed by atoms with Crippen molar-refractivity contribution in [2.45, 2.75) is 18.9 Å². The summed E-state index contributed by atoms with van der Waals surface area (Å²) in [6.45, 7) is 0. The van der Waals surface area contributed by atoms with Gasteiger partial charge in [0.05, 0.1) is 12.1 Å². The van der Waals surface area contributed by atoms with E-state index >= 15 is 0 Å². The summed E-state index contributed by atoms with van der Waals surface area (Å²) in [5, 5.41) is 3.30. The predicted octanol–water partition coefficient (Wildman–Crippen LogP) is 2.02. The number of carbonyl (C=O) groups excluding carboxylic acids is 1. The highest BCUT2D eigenvalue weighted by Crippen LogP contribution is 2.30. The minimum absolute atomic E-state index is 0.00735. The van der Waals surface area contributed by atoms with Gasteiger partial charge in [0.1, 0.15) is 5.75 Å². The van der Waals surface area contributed by atoms with Crippen molar-refractivity contribution in [2.24, 2.45) is 11.7 Å². The molecular weight excluding hydrogens is 240 g/mol. The molecular formula is C12H15ClN2O2. The normalized spacial score (nSPS) is 22.8. The Morgan fingerprint density at radius 3 is 2.76 bits per heavy atom. The van der Waals surface area contributed by atoms with E-state index in [1.807, 2.05) is 0 Å². The van der Waals surface area contributed by atoms with Gasteiger partial charge in [0.25, 0.3) is 0 Å². The Kier molecular flexibility index (Phi) is 3.54. The summed E-state index contributed by atoms with van der Waals surface area (Å²) in [6.07, 6.45) is 1.52. The van der Waals surface area contributed by atoms with Crippen LogP contribution in [0.5, 0.6) is 5.75 Å². The highest BCUT2D eigenvalue weighted by atomic mass is 35.5. The third-order valence-corrected chi connectivity index (χ3v) is 3.26. The molecule has 4 nitrogen and oxygen atoms in total. The van der Waals surface area contributed by atoms with E-state index in [1.54, 1.807) is 25.3 Å². The van der Waals surface area contributed by atoms with Crippen LogP contribution < -0.4 is 15.8 Å². The molecule has 1 saturated carbocycles. The first kappa shape index (κ1) is 12.2. The Labute approximate surface area is 105 Å². The summed E-state index contributed by atoms with van der Waals surface area (Å²) >= 11 is 5.97. The highest BCUT2D eigenvalue weighted by Gasteiger charge is 2.31. The van der Waals surface area contributed by atoms with E-state index < -0.39 is 0 Å². The summed E-state index contributed by atoms with van der Waals surface area (Å²) in [4.78, 5) is 11.8. The molecule has 1 fully saturated rings. The first-order chi connectivity index (χ1) is 8.10. The van der Waals surface area contributed by atoms with Crippen LogP contribution in [0, 0.1) is 5.92 Å². The molecule has 1 aliphatic rings. The van der Waals surface area contributed by atoms with Crippen molar-refractivity contribution in [3.8, 4) is 5.75 Å². The standard InChI is InChI=1S/C12H15ClN2O2/c1-17-11-3-2-9(6-10(11)13)15-12(16)7-4-8(14)5-7/h2-3,6-8H,4-5,14H2,1H3,(H,15,16). The number of amides is 1. The van der Waals surface area contributed by atoms with E-state index in [2.05, 4.69) is 5.32 Å². The molecule has 3 N–H and O–H groups in total. The fourth-order valence-corrected chi connectivity index (χ4v) is 2.12. The highest BCUT2D eigenvalue weighted by molar-refractivity contribution is 6.32. The fourth-order valence-electron chi connectivity index (χ4n) is 1.86. The van der Waals surface area contributed by atoms with Crippen LogP contribution in [0.1, 0.15) is 12.8 Å². The van der Waals surface area contributed by atoms with Crippen molar-refractivity contribution in [1.29, 1.82) is 0 Å². The summed E-state index contributed by atoms with van der Waals surface area (Å²) in [6, 6.07) is 5.34. The van der Waals surface area contributed by atoms with Gasteiger partial charge in [0, 0.05) is 17.6 Å². The van der Waals surface area contributed by atoms with Crippen molar-refractivity contribution in [3.63, 3.8) is 0 Å². The zero-order valence-corrected chi connectivity index (χ0v) is 10.3. The number of hydrogen-bond donors (Lipinski definition) is 2. The second-order valence-corrected chi connectivity index (χ2v) is 4.67. The Balaban J connectivity index is 1.99. The van der Waals surface area contributed by atoms with Gasteiger partial charge in [-0.2, -0.15) is 0 Å². The molecule has 0 saturated heterocycles. The molecule has 2 rings (SSSR count). The number of nitrogens with one attached hydrogen (secondary N) is 1. The largest absolute Gasteiger partial charge is 0.495 e. The van der Waals surface area contributed by atoms with E-state index in [-0.39, 0.29) is 17.9 Å². The minimum atomic E-state index is 0.00735. The monoisotopic (exact) mass is 254 g/mol. The average molecular weight is 255 g/mol. The smallest absolute Gasteiger partial charge is 0.227 e. The van der Waals surface area contributed by atoms with Gasteiger partial charge in [-0.1, -0.05) is 11.6 Å². The Hall–Kier alpha value is -1.26. The number of rotatable bonds is 3. The van der Waals surface area contributed by atoms with E-state index in [0.29, 0.717) is 16.5 Å². The maximum Gasteiger partial charge on any atom is 0.227 e. The van der Waals surface area contributed by atoms with E-state index in [4.69, 9.17) is 22.1 Å². The molecule has 5 heteroatoms. The number of carbonyl (C=O) groups is 1. The second kappa shape index (κ2) is 4.94. The molecule has 1 aliphatic carbocycles. The SMILES string of the molecule is COc1ccc(NC(=O)C2CC(N)C2)cc1Cl. The van der Waals surface area contributed by atoms with Gasteiger partial charge in [-0.15, -0.1) is 0 Å². The van der Waals surface area contributed by atoms with E-state index in [1.165, 1.54) is 0 Å². The number of hydrogen-bond acceptors (Lipinski definition) is 3. The molecule has 0 radical (unpaired) electrons. The zero-order chi connectivity index (χ0) is 12.4. The average Bonchev–Trinajstić information content (AvgIpc) is 2.25. The summed E-state index contributed by atoms with van der Waals surface area (Å²) < 4.78 is 5.04. The number of benzene rings is 1. The van der Waals surface area contributed by atoms with Gasteiger partial charge >= 0.3 is 0 Å². The predicted molar refractivity (Wildman–Crippen MR) is 67.3 cm³/mol. The third kappa shape index (κ3) is 2.70. The molecule has 1 aromatic rings. The van der Waals surface area contributed by atoms with E-state index in [9.17, 15) is 4.79 Å². The first-order valence-electron chi connectivity index (χ1n) is 5.50. The van der Waals surface area contributed by atoms with Crippen molar-refractivity contribution >= 4 is 23.2 Å². The van der Waals surface area contributed by atoms with Crippen molar-refractivity contribution in [1.82, 2.24) is 0 Å².